The van der Waals surface area contributed by atoms with Crippen LogP contribution in [0.4, 0.5) is 4.39 Å². The fourth-order valence-corrected chi connectivity index (χ4v) is 2.69. The van der Waals surface area contributed by atoms with E-state index in [2.05, 4.69) is 11.5 Å². The molecule has 0 amide bonds. The first-order valence-corrected chi connectivity index (χ1v) is 6.60. The third-order valence-electron chi connectivity index (χ3n) is 3.64. The molecular formula is C16H17FN2O. The Labute approximate surface area is 117 Å². The van der Waals surface area contributed by atoms with Gasteiger partial charge in [0.2, 0.25) is 0 Å². The zero-order chi connectivity index (χ0) is 14.1. The number of hydrogen-bond acceptors (Lipinski definition) is 3. The van der Waals surface area contributed by atoms with E-state index in [4.69, 9.17) is 10.6 Å². The highest BCUT2D eigenvalue weighted by atomic mass is 19.1. The maximum Gasteiger partial charge on any atom is 0.123 e. The molecule has 0 spiro atoms. The number of nitrogens with one attached hydrogen (secondary N) is 1. The van der Waals surface area contributed by atoms with E-state index in [9.17, 15) is 4.39 Å². The number of fused-ring (bicyclic) bond motifs is 1. The van der Waals surface area contributed by atoms with Gasteiger partial charge >= 0.3 is 0 Å². The van der Waals surface area contributed by atoms with Crippen LogP contribution in [0.25, 0.3) is 0 Å². The third kappa shape index (κ3) is 2.45. The van der Waals surface area contributed by atoms with Crippen LogP contribution in [0.2, 0.25) is 0 Å². The second kappa shape index (κ2) is 5.32. The van der Waals surface area contributed by atoms with Gasteiger partial charge in [0, 0.05) is 0 Å². The monoisotopic (exact) mass is 272 g/mol. The van der Waals surface area contributed by atoms with Gasteiger partial charge in [0.25, 0.3) is 0 Å². The molecule has 1 aliphatic heterocycles. The Morgan fingerprint density at radius 3 is 2.65 bits per heavy atom. The summed E-state index contributed by atoms with van der Waals surface area (Å²) in [6, 6.07) is 10.9. The molecule has 0 fully saturated rings. The molecule has 3 N–H and O–H groups in total. The third-order valence-corrected chi connectivity index (χ3v) is 3.64. The van der Waals surface area contributed by atoms with Crippen molar-refractivity contribution in [2.45, 2.75) is 26.2 Å². The predicted molar refractivity (Wildman–Crippen MR) is 75.2 cm³/mol. The van der Waals surface area contributed by atoms with Crippen molar-refractivity contribution < 1.29 is 9.13 Å². The summed E-state index contributed by atoms with van der Waals surface area (Å²) in [5.74, 6) is 5.43. The first-order chi connectivity index (χ1) is 9.67. The number of aryl methyl sites for hydroxylation is 1. The maximum atomic E-state index is 13.6. The molecule has 2 aromatic rings. The van der Waals surface area contributed by atoms with E-state index in [0.29, 0.717) is 13.2 Å². The van der Waals surface area contributed by atoms with Crippen LogP contribution in [0.3, 0.4) is 0 Å². The topological polar surface area (TPSA) is 47.3 Å². The lowest BCUT2D eigenvalue weighted by Gasteiger charge is -2.18. The number of ether oxygens (including phenoxy) is 1. The molecule has 0 aliphatic carbocycles. The van der Waals surface area contributed by atoms with Gasteiger partial charge in [-0.25, -0.2) is 9.82 Å². The summed E-state index contributed by atoms with van der Waals surface area (Å²) in [7, 11) is 0. The minimum absolute atomic E-state index is 0.227. The summed E-state index contributed by atoms with van der Waals surface area (Å²) in [5.41, 5.74) is 7.88. The first-order valence-electron chi connectivity index (χ1n) is 6.60. The molecule has 4 heteroatoms. The number of halogens is 1. The lowest BCUT2D eigenvalue weighted by Crippen LogP contribution is -2.29. The quantitative estimate of drug-likeness (QED) is 0.667. The Hall–Kier alpha value is -1.75. The Balaban J connectivity index is 2.01. The van der Waals surface area contributed by atoms with Gasteiger partial charge in [0.1, 0.15) is 5.82 Å². The first kappa shape index (κ1) is 13.2. The van der Waals surface area contributed by atoms with Gasteiger partial charge < -0.3 is 4.74 Å². The van der Waals surface area contributed by atoms with E-state index in [1.165, 1.54) is 23.3 Å². The number of benzene rings is 2. The maximum absolute atomic E-state index is 13.6. The Morgan fingerprint density at radius 1 is 1.10 bits per heavy atom. The molecule has 104 valence electrons. The number of rotatable bonds is 3. The van der Waals surface area contributed by atoms with E-state index in [-0.39, 0.29) is 11.9 Å². The van der Waals surface area contributed by atoms with Crippen LogP contribution >= 0.6 is 0 Å². The van der Waals surface area contributed by atoms with Crippen molar-refractivity contribution in [2.75, 3.05) is 0 Å². The van der Waals surface area contributed by atoms with Crippen LogP contribution in [0.1, 0.15) is 33.9 Å². The van der Waals surface area contributed by atoms with Gasteiger partial charge in [-0.3, -0.25) is 5.84 Å². The smallest absolute Gasteiger partial charge is 0.123 e. The SMILES string of the molecule is Cc1cc(F)cc(C(NN)c2ccc3c(c2)COC3)c1. The zero-order valence-electron chi connectivity index (χ0n) is 11.3. The van der Waals surface area contributed by atoms with Gasteiger partial charge in [-0.15, -0.1) is 0 Å². The average Bonchev–Trinajstić information content (AvgIpc) is 2.86. The molecule has 0 saturated carbocycles. The van der Waals surface area contributed by atoms with Crippen LogP contribution in [0, 0.1) is 12.7 Å². The lowest BCUT2D eigenvalue weighted by atomic mass is 9.95. The van der Waals surface area contributed by atoms with E-state index < -0.39 is 0 Å². The summed E-state index contributed by atoms with van der Waals surface area (Å²) in [6.07, 6.45) is 0. The summed E-state index contributed by atoms with van der Waals surface area (Å²) >= 11 is 0. The van der Waals surface area contributed by atoms with Crippen LogP contribution in [-0.4, -0.2) is 0 Å². The molecule has 2 aromatic carbocycles. The summed E-state index contributed by atoms with van der Waals surface area (Å²) in [6.45, 7) is 3.16. The highest BCUT2D eigenvalue weighted by molar-refractivity contribution is 5.39. The highest BCUT2D eigenvalue weighted by Crippen LogP contribution is 2.28. The number of hydrazine groups is 1. The van der Waals surface area contributed by atoms with Gasteiger partial charge in [-0.05, 0) is 46.9 Å². The van der Waals surface area contributed by atoms with Gasteiger partial charge in [0.15, 0.2) is 0 Å². The minimum Gasteiger partial charge on any atom is -0.372 e. The summed E-state index contributed by atoms with van der Waals surface area (Å²) in [4.78, 5) is 0. The van der Waals surface area contributed by atoms with Crippen molar-refractivity contribution in [3.8, 4) is 0 Å². The van der Waals surface area contributed by atoms with Crippen LogP contribution < -0.4 is 11.3 Å². The van der Waals surface area contributed by atoms with Crippen LogP contribution in [0.15, 0.2) is 36.4 Å². The molecule has 1 atom stereocenters. The number of nitrogens with two attached hydrogens (primary N) is 1. The zero-order valence-corrected chi connectivity index (χ0v) is 11.3. The highest BCUT2D eigenvalue weighted by Gasteiger charge is 2.17. The Morgan fingerprint density at radius 2 is 1.90 bits per heavy atom. The Bertz CT molecular complexity index is 622. The molecule has 3 rings (SSSR count). The normalized spacial score (nSPS) is 15.2. The number of hydrogen-bond donors (Lipinski definition) is 2. The van der Waals surface area contributed by atoms with Crippen molar-refractivity contribution in [1.82, 2.24) is 5.43 Å². The standard InChI is InChI=1S/C16H17FN2O/c1-10-4-13(7-15(17)5-10)16(19-18)11-2-3-12-8-20-9-14(12)6-11/h2-7,16,19H,8-9,18H2,1H3. The molecule has 3 nitrogen and oxygen atoms in total. The molecule has 1 aliphatic rings. The van der Waals surface area contributed by atoms with Crippen LogP contribution in [-0.2, 0) is 18.0 Å². The lowest BCUT2D eigenvalue weighted by molar-refractivity contribution is 0.134. The van der Waals surface area contributed by atoms with Gasteiger partial charge in [-0.2, -0.15) is 0 Å². The fraction of sp³-hybridized carbons (Fsp3) is 0.250. The fourth-order valence-electron chi connectivity index (χ4n) is 2.69. The molecule has 0 aromatic heterocycles. The van der Waals surface area contributed by atoms with Crippen molar-refractivity contribution in [1.29, 1.82) is 0 Å². The summed E-state index contributed by atoms with van der Waals surface area (Å²) in [5, 5.41) is 0. The molecule has 1 heterocycles. The molecule has 0 saturated heterocycles. The average molecular weight is 272 g/mol. The van der Waals surface area contributed by atoms with Crippen molar-refractivity contribution in [3.05, 3.63) is 70.0 Å². The van der Waals surface area contributed by atoms with Crippen molar-refractivity contribution in [3.63, 3.8) is 0 Å². The second-order valence-corrected chi connectivity index (χ2v) is 5.18. The molecule has 1 unspecified atom stereocenters. The molecule has 0 radical (unpaired) electrons. The predicted octanol–water partition coefficient (Wildman–Crippen LogP) is 2.72. The molecule has 0 bridgehead atoms. The van der Waals surface area contributed by atoms with E-state index in [1.54, 1.807) is 0 Å². The van der Waals surface area contributed by atoms with Gasteiger partial charge in [0.05, 0.1) is 19.3 Å². The van der Waals surface area contributed by atoms with Crippen molar-refractivity contribution in [2.24, 2.45) is 5.84 Å². The van der Waals surface area contributed by atoms with Gasteiger partial charge in [-0.1, -0.05) is 24.3 Å². The Kier molecular flexibility index (Phi) is 3.53. The molecule has 20 heavy (non-hydrogen) atoms. The summed E-state index contributed by atoms with van der Waals surface area (Å²) < 4.78 is 19.0. The van der Waals surface area contributed by atoms with Crippen LogP contribution in [0.5, 0.6) is 0 Å². The van der Waals surface area contributed by atoms with E-state index in [1.807, 2.05) is 25.1 Å². The molecular weight excluding hydrogens is 255 g/mol. The second-order valence-electron chi connectivity index (χ2n) is 5.18. The van der Waals surface area contributed by atoms with E-state index >= 15 is 0 Å². The largest absolute Gasteiger partial charge is 0.372 e. The van der Waals surface area contributed by atoms with E-state index in [0.717, 1.165) is 16.7 Å². The minimum atomic E-state index is -0.246. The van der Waals surface area contributed by atoms with Crippen molar-refractivity contribution >= 4 is 0 Å².